The van der Waals surface area contributed by atoms with Crippen molar-refractivity contribution < 1.29 is 0 Å². The molecule has 2 nitrogen and oxygen atoms in total. The van der Waals surface area contributed by atoms with Crippen molar-refractivity contribution in [3.8, 4) is 0 Å². The van der Waals surface area contributed by atoms with Gasteiger partial charge in [0.05, 0.1) is 0 Å². The molecule has 0 aromatic rings. The Kier molecular flexibility index (Phi) is 4.69. The Labute approximate surface area is 70.8 Å². The van der Waals surface area contributed by atoms with Gasteiger partial charge in [-0.3, -0.25) is 5.32 Å². The highest BCUT2D eigenvalue weighted by Gasteiger charge is 2.17. The molecule has 0 saturated carbocycles. The molecule has 0 rings (SSSR count). The van der Waals surface area contributed by atoms with E-state index in [1.54, 1.807) is 0 Å². The predicted octanol–water partition coefficient (Wildman–Crippen LogP) is 1.58. The molecule has 0 amide bonds. The van der Waals surface area contributed by atoms with E-state index in [1.165, 1.54) is 6.42 Å². The molecule has 0 aliphatic heterocycles. The lowest BCUT2D eigenvalue weighted by Gasteiger charge is -2.28. The predicted molar refractivity (Wildman–Crippen MR) is 50.6 cm³/mol. The molecule has 0 heterocycles. The van der Waals surface area contributed by atoms with Crippen molar-refractivity contribution in [3.63, 3.8) is 0 Å². The van der Waals surface area contributed by atoms with Gasteiger partial charge in [0.15, 0.2) is 0 Å². The van der Waals surface area contributed by atoms with Crippen molar-refractivity contribution in [1.82, 2.24) is 10.6 Å². The lowest BCUT2D eigenvalue weighted by Crippen LogP contribution is -2.44. The zero-order chi connectivity index (χ0) is 8.91. The van der Waals surface area contributed by atoms with Gasteiger partial charge in [0.2, 0.25) is 0 Å². The molecule has 0 aliphatic rings. The molecule has 11 heavy (non-hydrogen) atoms. The molecular formula is C9H22N2. The smallest absolute Gasteiger partial charge is 0.0455 e. The molecule has 0 spiro atoms. The fourth-order valence-corrected chi connectivity index (χ4v) is 1.42. The third-order valence-corrected chi connectivity index (χ3v) is 1.66. The van der Waals surface area contributed by atoms with E-state index < -0.39 is 0 Å². The zero-order valence-electron chi connectivity index (χ0n) is 8.49. The first kappa shape index (κ1) is 10.9. The van der Waals surface area contributed by atoms with Crippen LogP contribution in [0.1, 0.15) is 34.1 Å². The van der Waals surface area contributed by atoms with Crippen LogP contribution in [0.2, 0.25) is 0 Å². The van der Waals surface area contributed by atoms with E-state index in [0.717, 1.165) is 12.6 Å². The molecule has 0 bridgehead atoms. The number of hydrogen-bond acceptors (Lipinski definition) is 2. The highest BCUT2D eigenvalue weighted by atomic mass is 15.1. The van der Waals surface area contributed by atoms with Gasteiger partial charge in [-0.2, -0.15) is 0 Å². The second kappa shape index (κ2) is 4.73. The van der Waals surface area contributed by atoms with Crippen molar-refractivity contribution in [1.29, 1.82) is 0 Å². The number of rotatable bonds is 5. The van der Waals surface area contributed by atoms with E-state index in [1.807, 2.05) is 7.05 Å². The molecule has 2 N–H and O–H groups in total. The van der Waals surface area contributed by atoms with Gasteiger partial charge < -0.3 is 5.32 Å². The normalized spacial score (nSPS) is 12.5. The summed E-state index contributed by atoms with van der Waals surface area (Å²) in [5.41, 5.74) is 0.261. The summed E-state index contributed by atoms with van der Waals surface area (Å²) in [5, 5.41) is 6.51. The van der Waals surface area contributed by atoms with Crippen molar-refractivity contribution in [2.45, 2.75) is 39.7 Å². The monoisotopic (exact) mass is 158 g/mol. The van der Waals surface area contributed by atoms with Gasteiger partial charge in [0.1, 0.15) is 0 Å². The number of nitrogens with one attached hydrogen (secondary N) is 2. The summed E-state index contributed by atoms with van der Waals surface area (Å²) in [5.74, 6) is 0.759. The van der Waals surface area contributed by atoms with E-state index in [9.17, 15) is 0 Å². The molecule has 2 heteroatoms. The minimum Gasteiger partial charge on any atom is -0.308 e. The molecule has 0 aliphatic carbocycles. The zero-order valence-corrected chi connectivity index (χ0v) is 8.49. The third kappa shape index (κ3) is 6.32. The fourth-order valence-electron chi connectivity index (χ4n) is 1.42. The van der Waals surface area contributed by atoms with E-state index in [-0.39, 0.29) is 5.54 Å². The first-order chi connectivity index (χ1) is 4.98. The summed E-state index contributed by atoms with van der Waals surface area (Å²) < 4.78 is 0. The molecule has 0 radical (unpaired) electrons. The Morgan fingerprint density at radius 2 is 1.82 bits per heavy atom. The van der Waals surface area contributed by atoms with Crippen molar-refractivity contribution in [3.05, 3.63) is 0 Å². The molecular weight excluding hydrogens is 136 g/mol. The summed E-state index contributed by atoms with van der Waals surface area (Å²) in [6.07, 6.45) is 1.22. The van der Waals surface area contributed by atoms with E-state index >= 15 is 0 Å². The molecule has 0 fully saturated rings. The topological polar surface area (TPSA) is 24.1 Å². The van der Waals surface area contributed by atoms with Gasteiger partial charge in [0.25, 0.3) is 0 Å². The van der Waals surface area contributed by atoms with Gasteiger partial charge in [-0.25, -0.2) is 0 Å². The van der Waals surface area contributed by atoms with Crippen LogP contribution in [0.3, 0.4) is 0 Å². The summed E-state index contributed by atoms with van der Waals surface area (Å²) in [4.78, 5) is 0. The molecule has 0 unspecified atom stereocenters. The Morgan fingerprint density at radius 1 is 1.27 bits per heavy atom. The standard InChI is InChI=1S/C9H22N2/c1-8(2)6-9(3,4)11-7-10-5/h8,10-11H,6-7H2,1-5H3. The van der Waals surface area contributed by atoms with Gasteiger partial charge in [-0.1, -0.05) is 13.8 Å². The minimum atomic E-state index is 0.261. The van der Waals surface area contributed by atoms with Crippen LogP contribution in [-0.2, 0) is 0 Å². The summed E-state index contributed by atoms with van der Waals surface area (Å²) in [6.45, 7) is 9.88. The van der Waals surface area contributed by atoms with Crippen LogP contribution in [0.25, 0.3) is 0 Å². The van der Waals surface area contributed by atoms with Gasteiger partial charge in [-0.15, -0.1) is 0 Å². The fraction of sp³-hybridized carbons (Fsp3) is 1.00. The molecule has 0 saturated heterocycles. The van der Waals surface area contributed by atoms with Crippen LogP contribution >= 0.6 is 0 Å². The van der Waals surface area contributed by atoms with E-state index in [2.05, 4.69) is 38.3 Å². The molecule has 68 valence electrons. The number of hydrogen-bond donors (Lipinski definition) is 2. The van der Waals surface area contributed by atoms with Crippen molar-refractivity contribution in [2.24, 2.45) is 5.92 Å². The third-order valence-electron chi connectivity index (χ3n) is 1.66. The van der Waals surface area contributed by atoms with E-state index in [4.69, 9.17) is 0 Å². The van der Waals surface area contributed by atoms with Crippen molar-refractivity contribution in [2.75, 3.05) is 13.7 Å². The van der Waals surface area contributed by atoms with Crippen LogP contribution in [0.15, 0.2) is 0 Å². The summed E-state index contributed by atoms with van der Waals surface area (Å²) >= 11 is 0. The second-order valence-electron chi connectivity index (χ2n) is 4.19. The maximum Gasteiger partial charge on any atom is 0.0455 e. The highest BCUT2D eigenvalue weighted by molar-refractivity contribution is 4.77. The van der Waals surface area contributed by atoms with Gasteiger partial charge in [-0.05, 0) is 33.2 Å². The Bertz CT molecular complexity index is 97.7. The first-order valence-corrected chi connectivity index (χ1v) is 4.37. The van der Waals surface area contributed by atoms with Crippen LogP contribution in [0.5, 0.6) is 0 Å². The maximum atomic E-state index is 3.43. The van der Waals surface area contributed by atoms with E-state index in [0.29, 0.717) is 0 Å². The highest BCUT2D eigenvalue weighted by Crippen LogP contribution is 2.14. The lowest BCUT2D eigenvalue weighted by molar-refractivity contribution is 0.313. The van der Waals surface area contributed by atoms with Crippen LogP contribution in [0.4, 0.5) is 0 Å². The second-order valence-corrected chi connectivity index (χ2v) is 4.19. The first-order valence-electron chi connectivity index (χ1n) is 4.37. The van der Waals surface area contributed by atoms with Crippen LogP contribution < -0.4 is 10.6 Å². The van der Waals surface area contributed by atoms with Crippen molar-refractivity contribution >= 4 is 0 Å². The largest absolute Gasteiger partial charge is 0.308 e. The molecule has 0 aromatic heterocycles. The van der Waals surface area contributed by atoms with Crippen LogP contribution in [0, 0.1) is 5.92 Å². The summed E-state index contributed by atoms with van der Waals surface area (Å²) in [7, 11) is 1.96. The molecule has 0 aromatic carbocycles. The quantitative estimate of drug-likeness (QED) is 0.594. The molecule has 0 atom stereocenters. The average molecular weight is 158 g/mol. The maximum absolute atomic E-state index is 3.43. The lowest BCUT2D eigenvalue weighted by atomic mass is 9.93. The van der Waals surface area contributed by atoms with Gasteiger partial charge >= 0.3 is 0 Å². The summed E-state index contributed by atoms with van der Waals surface area (Å²) in [6, 6.07) is 0. The van der Waals surface area contributed by atoms with Crippen LogP contribution in [-0.4, -0.2) is 19.3 Å². The average Bonchev–Trinajstić information content (AvgIpc) is 1.81. The Morgan fingerprint density at radius 3 is 2.18 bits per heavy atom. The Balaban J connectivity index is 3.61. The van der Waals surface area contributed by atoms with Gasteiger partial charge in [0, 0.05) is 12.2 Å². The Hall–Kier alpha value is -0.0800. The SMILES string of the molecule is CNCNC(C)(C)CC(C)C. The minimum absolute atomic E-state index is 0.261.